The standard InChI is InChI=1S/C22H10F4/c23-19-17-9-15-13-7-3-1-5-11(13)12-6-2-4-8-14(12)16(15)10-18(17)20(24)22(26)21(19)25/h1-10H. The minimum absolute atomic E-state index is 0.269. The Kier molecular flexibility index (Phi) is 3.02. The van der Waals surface area contributed by atoms with Gasteiger partial charge in [-0.3, -0.25) is 0 Å². The summed E-state index contributed by atoms with van der Waals surface area (Å²) < 4.78 is 56.0. The van der Waals surface area contributed by atoms with E-state index in [-0.39, 0.29) is 10.8 Å². The molecule has 0 bridgehead atoms. The summed E-state index contributed by atoms with van der Waals surface area (Å²) in [6, 6.07) is 18.0. The summed E-state index contributed by atoms with van der Waals surface area (Å²) in [7, 11) is 0. The molecule has 0 aliphatic heterocycles. The topological polar surface area (TPSA) is 0 Å². The molecule has 26 heavy (non-hydrogen) atoms. The highest BCUT2D eigenvalue weighted by Gasteiger charge is 2.21. The molecule has 126 valence electrons. The molecule has 0 radical (unpaired) electrons. The van der Waals surface area contributed by atoms with E-state index in [0.29, 0.717) is 10.8 Å². The summed E-state index contributed by atoms with van der Waals surface area (Å²) in [5, 5.41) is 4.38. The minimum atomic E-state index is -1.79. The summed E-state index contributed by atoms with van der Waals surface area (Å²) in [6.45, 7) is 0. The zero-order chi connectivity index (χ0) is 18.0. The van der Waals surface area contributed by atoms with Gasteiger partial charge in [0, 0.05) is 10.8 Å². The Balaban J connectivity index is 2.15. The molecule has 0 heterocycles. The van der Waals surface area contributed by atoms with Crippen LogP contribution >= 0.6 is 0 Å². The van der Waals surface area contributed by atoms with Crippen LogP contribution in [0.2, 0.25) is 0 Å². The van der Waals surface area contributed by atoms with E-state index in [0.717, 1.165) is 21.5 Å². The Hall–Kier alpha value is -3.14. The number of fused-ring (bicyclic) bond motifs is 7. The van der Waals surface area contributed by atoms with E-state index in [2.05, 4.69) is 0 Å². The number of hydrogen-bond acceptors (Lipinski definition) is 0. The van der Waals surface area contributed by atoms with Gasteiger partial charge < -0.3 is 0 Å². The zero-order valence-corrected chi connectivity index (χ0v) is 13.3. The van der Waals surface area contributed by atoms with Crippen molar-refractivity contribution < 1.29 is 17.6 Å². The number of hydrogen-bond donors (Lipinski definition) is 0. The fraction of sp³-hybridized carbons (Fsp3) is 0. The predicted molar refractivity (Wildman–Crippen MR) is 96.3 cm³/mol. The summed E-state index contributed by atoms with van der Waals surface area (Å²) in [4.78, 5) is 0. The normalized spacial score (nSPS) is 11.8. The molecule has 0 unspecified atom stereocenters. The molecule has 0 amide bonds. The van der Waals surface area contributed by atoms with Crippen molar-refractivity contribution >= 4 is 43.1 Å². The van der Waals surface area contributed by atoms with Crippen molar-refractivity contribution in [2.75, 3.05) is 0 Å². The van der Waals surface area contributed by atoms with Crippen molar-refractivity contribution in [1.29, 1.82) is 0 Å². The van der Waals surface area contributed by atoms with Crippen LogP contribution in [0.25, 0.3) is 43.1 Å². The molecule has 0 saturated heterocycles. The maximum absolute atomic E-state index is 14.3. The minimum Gasteiger partial charge on any atom is -0.203 e. The average molecular weight is 350 g/mol. The van der Waals surface area contributed by atoms with Crippen LogP contribution in [0.4, 0.5) is 17.6 Å². The summed E-state index contributed by atoms with van der Waals surface area (Å²) in [6.07, 6.45) is 0. The molecule has 0 saturated carbocycles. The Morgan fingerprint density at radius 1 is 0.346 bits per heavy atom. The number of benzene rings is 5. The van der Waals surface area contributed by atoms with Gasteiger partial charge in [0.2, 0.25) is 0 Å². The molecular formula is C22H10F4. The third-order valence-corrected chi connectivity index (χ3v) is 4.93. The third-order valence-electron chi connectivity index (χ3n) is 4.93. The number of rotatable bonds is 0. The molecule has 0 fully saturated rings. The van der Waals surface area contributed by atoms with Crippen molar-refractivity contribution in [2.24, 2.45) is 0 Å². The molecule has 4 heteroatoms. The highest BCUT2D eigenvalue weighted by atomic mass is 19.2. The van der Waals surface area contributed by atoms with Gasteiger partial charge in [-0.05, 0) is 44.5 Å². The highest BCUT2D eigenvalue weighted by molar-refractivity contribution is 6.27. The first-order valence-corrected chi connectivity index (χ1v) is 8.07. The first-order valence-electron chi connectivity index (χ1n) is 8.07. The average Bonchev–Trinajstić information content (AvgIpc) is 2.70. The van der Waals surface area contributed by atoms with Gasteiger partial charge in [0.15, 0.2) is 23.3 Å². The molecule has 0 nitrogen and oxygen atoms in total. The summed E-state index contributed by atoms with van der Waals surface area (Å²) in [5.41, 5.74) is 0. The molecule has 0 atom stereocenters. The van der Waals surface area contributed by atoms with Gasteiger partial charge in [0.1, 0.15) is 0 Å². The second-order valence-corrected chi connectivity index (χ2v) is 6.29. The van der Waals surface area contributed by atoms with Crippen LogP contribution < -0.4 is 0 Å². The lowest BCUT2D eigenvalue weighted by atomic mass is 9.92. The Morgan fingerprint density at radius 2 is 0.654 bits per heavy atom. The summed E-state index contributed by atoms with van der Waals surface area (Å²) >= 11 is 0. The fourth-order valence-electron chi connectivity index (χ4n) is 3.74. The molecule has 0 aromatic heterocycles. The SMILES string of the molecule is Fc1c(F)c(F)c2cc3c4ccccc4c4ccccc4c3cc2c1F. The van der Waals surface area contributed by atoms with Gasteiger partial charge in [-0.15, -0.1) is 0 Å². The van der Waals surface area contributed by atoms with Crippen LogP contribution in [0.1, 0.15) is 0 Å². The third kappa shape index (κ3) is 1.84. The molecule has 0 spiro atoms. The van der Waals surface area contributed by atoms with Gasteiger partial charge in [-0.25, -0.2) is 17.6 Å². The van der Waals surface area contributed by atoms with Crippen molar-refractivity contribution in [3.8, 4) is 0 Å². The first kappa shape index (κ1) is 15.1. The van der Waals surface area contributed by atoms with Gasteiger partial charge in [0.25, 0.3) is 0 Å². The van der Waals surface area contributed by atoms with Crippen molar-refractivity contribution in [3.05, 3.63) is 83.9 Å². The predicted octanol–water partition coefficient (Wildman–Crippen LogP) is 6.86. The molecule has 5 rings (SSSR count). The van der Waals surface area contributed by atoms with E-state index in [9.17, 15) is 17.6 Å². The van der Waals surface area contributed by atoms with E-state index in [1.807, 2.05) is 48.5 Å². The maximum Gasteiger partial charge on any atom is 0.198 e. The van der Waals surface area contributed by atoms with E-state index >= 15 is 0 Å². The smallest absolute Gasteiger partial charge is 0.198 e. The molecular weight excluding hydrogens is 340 g/mol. The Bertz CT molecular complexity index is 1260. The van der Waals surface area contributed by atoms with E-state index in [1.165, 1.54) is 12.1 Å². The second kappa shape index (κ2) is 5.18. The van der Waals surface area contributed by atoms with Gasteiger partial charge in [0.05, 0.1) is 0 Å². The number of halogens is 4. The summed E-state index contributed by atoms with van der Waals surface area (Å²) in [5.74, 6) is -6.34. The lowest BCUT2D eigenvalue weighted by Crippen LogP contribution is -1.98. The van der Waals surface area contributed by atoms with Crippen LogP contribution in [0.5, 0.6) is 0 Å². The Labute approximate surface area is 145 Å². The van der Waals surface area contributed by atoms with Gasteiger partial charge in [-0.1, -0.05) is 48.5 Å². The van der Waals surface area contributed by atoms with Crippen LogP contribution in [-0.4, -0.2) is 0 Å². The lowest BCUT2D eigenvalue weighted by molar-refractivity contribution is 0.418. The fourth-order valence-corrected chi connectivity index (χ4v) is 3.74. The molecule has 5 aromatic carbocycles. The van der Waals surface area contributed by atoms with Crippen molar-refractivity contribution in [1.82, 2.24) is 0 Å². The lowest BCUT2D eigenvalue weighted by Gasteiger charge is -2.12. The van der Waals surface area contributed by atoms with Crippen LogP contribution in [-0.2, 0) is 0 Å². The monoisotopic (exact) mass is 350 g/mol. The van der Waals surface area contributed by atoms with Gasteiger partial charge >= 0.3 is 0 Å². The molecule has 0 aliphatic carbocycles. The maximum atomic E-state index is 14.3. The molecule has 0 N–H and O–H groups in total. The second-order valence-electron chi connectivity index (χ2n) is 6.29. The van der Waals surface area contributed by atoms with Crippen LogP contribution in [0.15, 0.2) is 60.7 Å². The van der Waals surface area contributed by atoms with Crippen LogP contribution in [0, 0.1) is 23.3 Å². The van der Waals surface area contributed by atoms with E-state index < -0.39 is 23.3 Å². The quantitative estimate of drug-likeness (QED) is 0.0941. The molecule has 0 aliphatic rings. The van der Waals surface area contributed by atoms with Crippen molar-refractivity contribution in [2.45, 2.75) is 0 Å². The van der Waals surface area contributed by atoms with Crippen LogP contribution in [0.3, 0.4) is 0 Å². The van der Waals surface area contributed by atoms with E-state index in [1.54, 1.807) is 0 Å². The largest absolute Gasteiger partial charge is 0.203 e. The van der Waals surface area contributed by atoms with E-state index in [4.69, 9.17) is 0 Å². The highest BCUT2D eigenvalue weighted by Crippen LogP contribution is 2.38. The first-order chi connectivity index (χ1) is 12.6. The van der Waals surface area contributed by atoms with Crippen molar-refractivity contribution in [3.63, 3.8) is 0 Å². The Morgan fingerprint density at radius 3 is 1.00 bits per heavy atom. The van der Waals surface area contributed by atoms with Gasteiger partial charge in [-0.2, -0.15) is 0 Å². The zero-order valence-electron chi connectivity index (χ0n) is 13.3. The molecule has 5 aromatic rings.